The molecule has 0 unspecified atom stereocenters. The molecule has 0 aliphatic heterocycles. The van der Waals surface area contributed by atoms with Gasteiger partial charge in [0.15, 0.2) is 5.65 Å². The number of nitrogens with one attached hydrogen (secondary N) is 1. The molecule has 56 valence electrons. The van der Waals surface area contributed by atoms with Gasteiger partial charge in [0.25, 0.3) is 0 Å². The first-order valence-electron chi connectivity index (χ1n) is 2.92. The number of halogens is 2. The number of fused-ring (bicyclic) bond motifs is 1. The second kappa shape index (κ2) is 2.36. The molecule has 1 N–H and O–H groups in total. The number of H-pyrrole nitrogens is 1. The number of imidazole rings is 1. The first-order chi connectivity index (χ1) is 5.29. The molecule has 0 atom stereocenters. The summed E-state index contributed by atoms with van der Waals surface area (Å²) < 4.78 is 0. The molecule has 2 aromatic heterocycles. The Labute approximate surface area is 72.4 Å². The van der Waals surface area contributed by atoms with Crippen molar-refractivity contribution in [3.05, 3.63) is 22.6 Å². The third kappa shape index (κ3) is 0.968. The van der Waals surface area contributed by atoms with Crippen molar-refractivity contribution >= 4 is 34.4 Å². The molecule has 0 aromatic carbocycles. The van der Waals surface area contributed by atoms with E-state index >= 15 is 0 Å². The number of hydrogen-bond donors (Lipinski definition) is 1. The van der Waals surface area contributed by atoms with Crippen molar-refractivity contribution in [2.45, 2.75) is 0 Å². The minimum Gasteiger partial charge on any atom is -0.329 e. The predicted octanol–water partition coefficient (Wildman–Crippen LogP) is 2.26. The molecule has 2 rings (SSSR count). The zero-order chi connectivity index (χ0) is 7.84. The molecule has 3 nitrogen and oxygen atoms in total. The highest BCUT2D eigenvalue weighted by atomic mass is 35.5. The summed E-state index contributed by atoms with van der Waals surface area (Å²) >= 11 is 11.5. The minimum absolute atomic E-state index is 0.422. The Bertz CT molecular complexity index is 396. The van der Waals surface area contributed by atoms with E-state index in [9.17, 15) is 0 Å². The van der Waals surface area contributed by atoms with E-state index in [4.69, 9.17) is 23.2 Å². The van der Waals surface area contributed by atoms with Crippen LogP contribution in [0.15, 0.2) is 12.5 Å². The Morgan fingerprint density at radius 2 is 2.09 bits per heavy atom. The quantitative estimate of drug-likeness (QED) is 0.688. The van der Waals surface area contributed by atoms with Crippen molar-refractivity contribution in [1.82, 2.24) is 15.0 Å². The fraction of sp³-hybridized carbons (Fsp3) is 0. The van der Waals surface area contributed by atoms with Crippen LogP contribution >= 0.6 is 23.2 Å². The van der Waals surface area contributed by atoms with Crippen molar-refractivity contribution < 1.29 is 0 Å². The first kappa shape index (κ1) is 6.88. The molecule has 2 heterocycles. The number of rotatable bonds is 0. The highest BCUT2D eigenvalue weighted by Gasteiger charge is 2.05. The van der Waals surface area contributed by atoms with E-state index in [-0.39, 0.29) is 0 Å². The molecule has 0 bridgehead atoms. The highest BCUT2D eigenvalue weighted by molar-refractivity contribution is 6.44. The Kier molecular flexibility index (Phi) is 1.47. The van der Waals surface area contributed by atoms with Crippen LogP contribution in [0.3, 0.4) is 0 Å². The third-order valence-corrected chi connectivity index (χ3v) is 2.11. The van der Waals surface area contributed by atoms with Gasteiger partial charge in [-0.05, 0) is 0 Å². The van der Waals surface area contributed by atoms with Gasteiger partial charge < -0.3 is 4.98 Å². The van der Waals surface area contributed by atoms with E-state index in [0.29, 0.717) is 21.2 Å². The van der Waals surface area contributed by atoms with Gasteiger partial charge in [-0.3, -0.25) is 0 Å². The fourth-order valence-electron chi connectivity index (χ4n) is 0.838. The molecule has 0 amide bonds. The van der Waals surface area contributed by atoms with Gasteiger partial charge in [0.2, 0.25) is 0 Å². The number of pyridine rings is 1. The van der Waals surface area contributed by atoms with Crippen LogP contribution in [0.25, 0.3) is 11.2 Å². The molecule has 2 aromatic rings. The van der Waals surface area contributed by atoms with E-state index in [1.807, 2.05) is 0 Å². The van der Waals surface area contributed by atoms with E-state index in [1.54, 1.807) is 0 Å². The molecule has 0 aliphatic rings. The van der Waals surface area contributed by atoms with Crippen LogP contribution in [-0.2, 0) is 0 Å². The number of aromatic amines is 1. The Morgan fingerprint density at radius 3 is 2.91 bits per heavy atom. The lowest BCUT2D eigenvalue weighted by Crippen LogP contribution is -1.78. The molecule has 0 saturated carbocycles. The molecular formula is C6H3Cl2N3. The van der Waals surface area contributed by atoms with Gasteiger partial charge in [-0.25, -0.2) is 9.97 Å². The van der Waals surface area contributed by atoms with Gasteiger partial charge in [0.1, 0.15) is 5.52 Å². The average molecular weight is 188 g/mol. The fourth-order valence-corrected chi connectivity index (χ4v) is 1.16. The SMILES string of the molecule is Clc1cnc2[nH]cnc2c1Cl. The Hall–Kier alpha value is -0.800. The van der Waals surface area contributed by atoms with Crippen molar-refractivity contribution in [3.8, 4) is 0 Å². The highest BCUT2D eigenvalue weighted by Crippen LogP contribution is 2.26. The third-order valence-electron chi connectivity index (χ3n) is 1.34. The van der Waals surface area contributed by atoms with Gasteiger partial charge in [0, 0.05) is 6.20 Å². The average Bonchev–Trinajstić information content (AvgIpc) is 2.45. The Morgan fingerprint density at radius 1 is 1.27 bits per heavy atom. The molecule has 0 spiro atoms. The summed E-state index contributed by atoms with van der Waals surface area (Å²) in [6.07, 6.45) is 3.02. The topological polar surface area (TPSA) is 41.6 Å². The van der Waals surface area contributed by atoms with E-state index in [0.717, 1.165) is 0 Å². The largest absolute Gasteiger partial charge is 0.329 e. The van der Waals surface area contributed by atoms with E-state index < -0.39 is 0 Å². The summed E-state index contributed by atoms with van der Waals surface area (Å²) in [5.74, 6) is 0. The summed E-state index contributed by atoms with van der Waals surface area (Å²) in [6, 6.07) is 0. The van der Waals surface area contributed by atoms with Crippen molar-refractivity contribution in [2.75, 3.05) is 0 Å². The standard InChI is InChI=1S/C6H3Cl2N3/c7-3-1-9-6-5(4(3)8)10-2-11-6/h1-2H,(H,9,10,11). The van der Waals surface area contributed by atoms with Crippen molar-refractivity contribution in [2.24, 2.45) is 0 Å². The molecule has 0 radical (unpaired) electrons. The molecule has 0 saturated heterocycles. The Balaban J connectivity index is 2.93. The zero-order valence-corrected chi connectivity index (χ0v) is 6.82. The maximum absolute atomic E-state index is 5.81. The maximum Gasteiger partial charge on any atom is 0.158 e. The molecular weight excluding hydrogens is 185 g/mol. The van der Waals surface area contributed by atoms with Crippen molar-refractivity contribution in [3.63, 3.8) is 0 Å². The lowest BCUT2D eigenvalue weighted by atomic mass is 10.4. The van der Waals surface area contributed by atoms with Crippen LogP contribution in [0.2, 0.25) is 10.0 Å². The van der Waals surface area contributed by atoms with Crippen LogP contribution in [-0.4, -0.2) is 15.0 Å². The van der Waals surface area contributed by atoms with Crippen LogP contribution in [0.1, 0.15) is 0 Å². The second-order valence-corrected chi connectivity index (χ2v) is 2.81. The maximum atomic E-state index is 5.81. The number of aromatic nitrogens is 3. The van der Waals surface area contributed by atoms with Gasteiger partial charge in [-0.1, -0.05) is 23.2 Å². The van der Waals surface area contributed by atoms with Crippen LogP contribution in [0.4, 0.5) is 0 Å². The lowest BCUT2D eigenvalue weighted by molar-refractivity contribution is 1.30. The molecule has 0 fully saturated rings. The van der Waals surface area contributed by atoms with Gasteiger partial charge >= 0.3 is 0 Å². The monoisotopic (exact) mass is 187 g/mol. The normalized spacial score (nSPS) is 10.7. The zero-order valence-electron chi connectivity index (χ0n) is 5.31. The van der Waals surface area contributed by atoms with Gasteiger partial charge in [-0.2, -0.15) is 0 Å². The summed E-state index contributed by atoms with van der Waals surface area (Å²) in [7, 11) is 0. The van der Waals surface area contributed by atoms with Crippen molar-refractivity contribution in [1.29, 1.82) is 0 Å². The lowest BCUT2D eigenvalue weighted by Gasteiger charge is -1.92. The smallest absolute Gasteiger partial charge is 0.158 e. The van der Waals surface area contributed by atoms with E-state index in [2.05, 4.69) is 15.0 Å². The summed E-state index contributed by atoms with van der Waals surface area (Å²) in [5, 5.41) is 0.865. The summed E-state index contributed by atoms with van der Waals surface area (Å²) in [4.78, 5) is 10.7. The molecule has 5 heteroatoms. The van der Waals surface area contributed by atoms with Crippen LogP contribution in [0, 0.1) is 0 Å². The van der Waals surface area contributed by atoms with E-state index in [1.165, 1.54) is 12.5 Å². The summed E-state index contributed by atoms with van der Waals surface area (Å²) in [5.41, 5.74) is 1.26. The first-order valence-corrected chi connectivity index (χ1v) is 3.67. The minimum atomic E-state index is 0.422. The van der Waals surface area contributed by atoms with Gasteiger partial charge in [-0.15, -0.1) is 0 Å². The predicted molar refractivity (Wildman–Crippen MR) is 43.9 cm³/mol. The van der Waals surface area contributed by atoms with Crippen LogP contribution in [0.5, 0.6) is 0 Å². The second-order valence-electron chi connectivity index (χ2n) is 2.02. The summed E-state index contributed by atoms with van der Waals surface area (Å²) in [6.45, 7) is 0. The molecule has 0 aliphatic carbocycles. The number of hydrogen-bond acceptors (Lipinski definition) is 2. The van der Waals surface area contributed by atoms with Crippen LogP contribution < -0.4 is 0 Å². The number of nitrogens with zero attached hydrogens (tertiary/aromatic N) is 2. The van der Waals surface area contributed by atoms with Gasteiger partial charge in [0.05, 0.1) is 16.4 Å². The molecule has 11 heavy (non-hydrogen) atoms.